The first-order valence-corrected chi connectivity index (χ1v) is 8.68. The van der Waals surface area contributed by atoms with Gasteiger partial charge < -0.3 is 14.2 Å². The Hall–Kier alpha value is -1.91. The molecular weight excluding hydrogens is 363 g/mol. The summed E-state index contributed by atoms with van der Waals surface area (Å²) in [6.45, 7) is 2.48. The summed E-state index contributed by atoms with van der Waals surface area (Å²) in [7, 11) is 1.58. The van der Waals surface area contributed by atoms with E-state index >= 15 is 0 Å². The molecule has 0 radical (unpaired) electrons. The molecule has 0 aromatic heterocycles. The molecule has 6 heteroatoms. The fourth-order valence-electron chi connectivity index (χ4n) is 2.26. The molecule has 0 spiro atoms. The Morgan fingerprint density at radius 2 is 1.88 bits per heavy atom. The van der Waals surface area contributed by atoms with Gasteiger partial charge in [0.15, 0.2) is 11.5 Å². The minimum atomic E-state index is -0.209. The number of ether oxygens (including phenoxy) is 3. The van der Waals surface area contributed by atoms with Crippen molar-refractivity contribution in [2.75, 3.05) is 13.7 Å². The molecule has 0 atom stereocenters. The lowest BCUT2D eigenvalue weighted by atomic mass is 10.1. The third-order valence-corrected chi connectivity index (χ3v) is 4.14. The second-order valence-corrected chi connectivity index (χ2v) is 6.16. The van der Waals surface area contributed by atoms with E-state index in [1.807, 2.05) is 24.3 Å². The Morgan fingerprint density at radius 1 is 1.08 bits per heavy atom. The van der Waals surface area contributed by atoms with Crippen LogP contribution in [0.3, 0.4) is 0 Å². The lowest BCUT2D eigenvalue weighted by Gasteiger charge is -2.13. The second-order valence-electron chi connectivity index (χ2n) is 5.31. The number of halogens is 2. The smallest absolute Gasteiger partial charge is 0.306 e. The van der Waals surface area contributed by atoms with Gasteiger partial charge in [-0.15, -0.1) is 0 Å². The van der Waals surface area contributed by atoms with Crippen LogP contribution in [0.15, 0.2) is 36.4 Å². The summed E-state index contributed by atoms with van der Waals surface area (Å²) in [5.41, 5.74) is 1.81. The van der Waals surface area contributed by atoms with E-state index in [4.69, 9.17) is 37.4 Å². The first kappa shape index (κ1) is 19.4. The summed E-state index contributed by atoms with van der Waals surface area (Å²) in [6.07, 6.45) is 0.913. The molecule has 0 bridgehead atoms. The fraction of sp³-hybridized carbons (Fsp3) is 0.316. The van der Waals surface area contributed by atoms with Crippen molar-refractivity contribution in [3.8, 4) is 11.5 Å². The quantitative estimate of drug-likeness (QED) is 0.597. The molecule has 0 amide bonds. The van der Waals surface area contributed by atoms with E-state index in [1.54, 1.807) is 26.2 Å². The highest BCUT2D eigenvalue weighted by molar-refractivity contribution is 6.35. The van der Waals surface area contributed by atoms with Gasteiger partial charge in [-0.05, 0) is 43.2 Å². The lowest BCUT2D eigenvalue weighted by molar-refractivity contribution is -0.143. The monoisotopic (exact) mass is 382 g/mol. The van der Waals surface area contributed by atoms with Crippen LogP contribution >= 0.6 is 23.2 Å². The zero-order chi connectivity index (χ0) is 18.2. The van der Waals surface area contributed by atoms with E-state index in [9.17, 15) is 4.79 Å². The van der Waals surface area contributed by atoms with Crippen molar-refractivity contribution in [1.29, 1.82) is 0 Å². The predicted octanol–water partition coefficient (Wildman–Crippen LogP) is 5.08. The van der Waals surface area contributed by atoms with Gasteiger partial charge >= 0.3 is 5.97 Å². The van der Waals surface area contributed by atoms with Crippen LogP contribution in [0.2, 0.25) is 10.0 Å². The number of carbonyl (C=O) groups excluding carboxylic acids is 1. The summed E-state index contributed by atoms with van der Waals surface area (Å²) >= 11 is 12.0. The lowest BCUT2D eigenvalue weighted by Crippen LogP contribution is -2.05. The number of hydrogen-bond donors (Lipinski definition) is 0. The van der Waals surface area contributed by atoms with E-state index in [2.05, 4.69) is 0 Å². The van der Waals surface area contributed by atoms with Crippen LogP contribution in [0.5, 0.6) is 11.5 Å². The molecule has 0 aliphatic heterocycles. The van der Waals surface area contributed by atoms with E-state index in [0.29, 0.717) is 47.6 Å². The molecule has 0 unspecified atom stereocenters. The Kier molecular flexibility index (Phi) is 7.41. The largest absolute Gasteiger partial charge is 0.493 e. The first-order valence-electron chi connectivity index (χ1n) is 7.92. The molecule has 0 fully saturated rings. The Bertz CT molecular complexity index is 731. The van der Waals surface area contributed by atoms with Gasteiger partial charge in [-0.1, -0.05) is 35.3 Å². The van der Waals surface area contributed by atoms with Crippen molar-refractivity contribution < 1.29 is 19.0 Å². The van der Waals surface area contributed by atoms with Crippen molar-refractivity contribution in [3.05, 3.63) is 57.6 Å². The summed E-state index contributed by atoms with van der Waals surface area (Å²) in [6, 6.07) is 10.9. The number of aryl methyl sites for hydroxylation is 1. The number of benzene rings is 2. The highest BCUT2D eigenvalue weighted by Gasteiger charge is 2.10. The van der Waals surface area contributed by atoms with E-state index < -0.39 is 0 Å². The van der Waals surface area contributed by atoms with Crippen molar-refractivity contribution in [3.63, 3.8) is 0 Å². The average Bonchev–Trinajstić information content (AvgIpc) is 2.60. The summed E-state index contributed by atoms with van der Waals surface area (Å²) in [5, 5.41) is 1.13. The van der Waals surface area contributed by atoms with Crippen LogP contribution in [0.25, 0.3) is 0 Å². The van der Waals surface area contributed by atoms with Crippen LogP contribution in [-0.4, -0.2) is 19.7 Å². The summed E-state index contributed by atoms with van der Waals surface area (Å²) in [4.78, 5) is 11.5. The van der Waals surface area contributed by atoms with Gasteiger partial charge in [0.1, 0.15) is 6.61 Å². The maximum Gasteiger partial charge on any atom is 0.306 e. The number of rotatable bonds is 8. The van der Waals surface area contributed by atoms with Gasteiger partial charge in [0.2, 0.25) is 0 Å². The zero-order valence-electron chi connectivity index (χ0n) is 14.2. The predicted molar refractivity (Wildman–Crippen MR) is 98.7 cm³/mol. The second kappa shape index (κ2) is 9.54. The topological polar surface area (TPSA) is 44.8 Å². The molecule has 0 heterocycles. The van der Waals surface area contributed by atoms with Crippen molar-refractivity contribution in [2.24, 2.45) is 0 Å². The van der Waals surface area contributed by atoms with E-state index in [0.717, 1.165) is 11.1 Å². The van der Waals surface area contributed by atoms with Gasteiger partial charge in [0.25, 0.3) is 0 Å². The third kappa shape index (κ3) is 5.83. The average molecular weight is 383 g/mol. The minimum absolute atomic E-state index is 0.209. The van der Waals surface area contributed by atoms with Crippen molar-refractivity contribution in [2.45, 2.75) is 26.4 Å². The SMILES string of the molecule is CCOC(=O)CCc1ccc(OCc2ccc(Cl)cc2Cl)c(OC)c1. The highest BCUT2D eigenvalue weighted by Crippen LogP contribution is 2.30. The molecule has 134 valence electrons. The normalized spacial score (nSPS) is 10.4. The maximum absolute atomic E-state index is 11.5. The Balaban J connectivity index is 2.02. The van der Waals surface area contributed by atoms with E-state index in [1.165, 1.54) is 0 Å². The molecule has 0 aliphatic carbocycles. The van der Waals surface area contributed by atoms with Crippen LogP contribution in [0.1, 0.15) is 24.5 Å². The third-order valence-electron chi connectivity index (χ3n) is 3.55. The van der Waals surface area contributed by atoms with Gasteiger partial charge in [-0.2, -0.15) is 0 Å². The standard InChI is InChI=1S/C19H20Cl2O4/c1-3-24-19(22)9-5-13-4-8-17(18(10-13)23-2)25-12-14-6-7-15(20)11-16(14)21/h4,6-8,10-11H,3,5,9,12H2,1-2H3. The van der Waals surface area contributed by atoms with Gasteiger partial charge in [-0.3, -0.25) is 4.79 Å². The number of methoxy groups -OCH3 is 1. The Labute approximate surface area is 157 Å². The number of carbonyl (C=O) groups is 1. The molecule has 0 N–H and O–H groups in total. The van der Waals surface area contributed by atoms with Gasteiger partial charge in [-0.25, -0.2) is 0 Å². The number of esters is 1. The molecule has 0 aliphatic rings. The number of hydrogen-bond acceptors (Lipinski definition) is 4. The minimum Gasteiger partial charge on any atom is -0.493 e. The molecule has 4 nitrogen and oxygen atoms in total. The van der Waals surface area contributed by atoms with Crippen molar-refractivity contribution in [1.82, 2.24) is 0 Å². The maximum atomic E-state index is 11.5. The molecule has 0 saturated heterocycles. The first-order chi connectivity index (χ1) is 12.0. The van der Waals surface area contributed by atoms with Crippen LogP contribution in [0.4, 0.5) is 0 Å². The highest BCUT2D eigenvalue weighted by atomic mass is 35.5. The molecule has 2 aromatic rings. The van der Waals surface area contributed by atoms with Crippen LogP contribution in [-0.2, 0) is 22.6 Å². The zero-order valence-corrected chi connectivity index (χ0v) is 15.7. The summed E-state index contributed by atoms with van der Waals surface area (Å²) in [5.74, 6) is 0.999. The molecule has 25 heavy (non-hydrogen) atoms. The van der Waals surface area contributed by atoms with Crippen molar-refractivity contribution >= 4 is 29.2 Å². The molecule has 0 saturated carbocycles. The van der Waals surface area contributed by atoms with Crippen LogP contribution in [0, 0.1) is 0 Å². The van der Waals surface area contributed by atoms with Gasteiger partial charge in [0, 0.05) is 22.0 Å². The van der Waals surface area contributed by atoms with E-state index in [-0.39, 0.29) is 5.97 Å². The molecular formula is C19H20Cl2O4. The van der Waals surface area contributed by atoms with Crippen LogP contribution < -0.4 is 9.47 Å². The fourth-order valence-corrected chi connectivity index (χ4v) is 2.72. The molecule has 2 rings (SSSR count). The molecule has 2 aromatic carbocycles. The summed E-state index contributed by atoms with van der Waals surface area (Å²) < 4.78 is 16.1. The Morgan fingerprint density at radius 3 is 2.56 bits per heavy atom. The van der Waals surface area contributed by atoms with Gasteiger partial charge in [0.05, 0.1) is 13.7 Å².